The summed E-state index contributed by atoms with van der Waals surface area (Å²) < 4.78 is 7.36. The molecule has 0 saturated heterocycles. The first-order chi connectivity index (χ1) is 11.1. The Kier molecular flexibility index (Phi) is 5.97. The van der Waals surface area contributed by atoms with Crippen molar-refractivity contribution >= 4 is 12.1 Å². The highest BCUT2D eigenvalue weighted by atomic mass is 16.5. The molecular formula is C18H23N3O2. The van der Waals surface area contributed by atoms with Crippen LogP contribution in [0.2, 0.25) is 0 Å². The van der Waals surface area contributed by atoms with Crippen LogP contribution in [-0.2, 0) is 11.8 Å². The normalized spacial score (nSPS) is 12.3. The molecule has 122 valence electrons. The number of hydrazone groups is 1. The highest BCUT2D eigenvalue weighted by molar-refractivity contribution is 5.81. The molecule has 0 unspecified atom stereocenters. The number of rotatable bonds is 7. The van der Waals surface area contributed by atoms with Gasteiger partial charge in [0, 0.05) is 13.2 Å². The molecule has 0 bridgehead atoms. The summed E-state index contributed by atoms with van der Waals surface area (Å²) in [6, 6.07) is 11.7. The second kappa shape index (κ2) is 8.17. The van der Waals surface area contributed by atoms with Crippen LogP contribution in [0.1, 0.15) is 37.4 Å². The van der Waals surface area contributed by atoms with Gasteiger partial charge in [-0.25, -0.2) is 5.43 Å². The van der Waals surface area contributed by atoms with E-state index in [-0.39, 0.29) is 12.5 Å². The molecule has 1 aromatic carbocycles. The average molecular weight is 313 g/mol. The average Bonchev–Trinajstić information content (AvgIpc) is 2.98. The molecule has 1 N–H and O–H groups in total. The van der Waals surface area contributed by atoms with E-state index in [1.807, 2.05) is 54.2 Å². The minimum Gasteiger partial charge on any atom is -0.484 e. The first kappa shape index (κ1) is 16.8. The summed E-state index contributed by atoms with van der Waals surface area (Å²) in [6.07, 6.45) is 4.61. The molecule has 0 radical (unpaired) electrons. The van der Waals surface area contributed by atoms with E-state index < -0.39 is 0 Å². The Morgan fingerprint density at radius 2 is 2.09 bits per heavy atom. The molecule has 1 heterocycles. The van der Waals surface area contributed by atoms with Gasteiger partial charge in [-0.05, 0) is 42.2 Å². The van der Waals surface area contributed by atoms with Crippen LogP contribution < -0.4 is 10.2 Å². The fourth-order valence-electron chi connectivity index (χ4n) is 2.09. The molecule has 1 amide bonds. The molecule has 2 aromatic rings. The Hall–Kier alpha value is -2.56. The molecule has 1 aromatic heterocycles. The fraction of sp³-hybridized carbons (Fsp3) is 0.333. The van der Waals surface area contributed by atoms with Gasteiger partial charge in [-0.1, -0.05) is 26.0 Å². The number of aromatic nitrogens is 1. The Balaban J connectivity index is 1.78. The van der Waals surface area contributed by atoms with Crippen molar-refractivity contribution in [1.82, 2.24) is 9.99 Å². The summed E-state index contributed by atoms with van der Waals surface area (Å²) in [5.74, 6) is 0.916. The van der Waals surface area contributed by atoms with Crippen LogP contribution in [0.3, 0.4) is 0 Å². The third-order valence-corrected chi connectivity index (χ3v) is 3.80. The number of aryl methyl sites for hydroxylation is 1. The van der Waals surface area contributed by atoms with Gasteiger partial charge >= 0.3 is 0 Å². The third kappa shape index (κ3) is 4.98. The van der Waals surface area contributed by atoms with E-state index in [9.17, 15) is 4.79 Å². The van der Waals surface area contributed by atoms with Crippen molar-refractivity contribution in [1.29, 1.82) is 0 Å². The number of hydrogen-bond acceptors (Lipinski definition) is 3. The van der Waals surface area contributed by atoms with Crippen molar-refractivity contribution in [3.63, 3.8) is 0 Å². The Morgan fingerprint density at radius 1 is 1.35 bits per heavy atom. The lowest BCUT2D eigenvalue weighted by atomic mass is 9.99. The zero-order valence-corrected chi connectivity index (χ0v) is 13.8. The zero-order chi connectivity index (χ0) is 16.7. The maximum Gasteiger partial charge on any atom is 0.277 e. The molecule has 5 nitrogen and oxygen atoms in total. The SMILES string of the molecule is CC[C@H](C)c1ccc(OCC(=O)N/N=C\c2cccn2C)cc1. The van der Waals surface area contributed by atoms with Crippen LogP contribution in [0.5, 0.6) is 5.75 Å². The Morgan fingerprint density at radius 3 is 2.70 bits per heavy atom. The maximum atomic E-state index is 11.7. The van der Waals surface area contributed by atoms with E-state index in [2.05, 4.69) is 24.4 Å². The fourth-order valence-corrected chi connectivity index (χ4v) is 2.09. The maximum absolute atomic E-state index is 11.7. The van der Waals surface area contributed by atoms with Crippen LogP contribution in [-0.4, -0.2) is 23.3 Å². The molecule has 0 aliphatic rings. The van der Waals surface area contributed by atoms with Gasteiger partial charge in [0.25, 0.3) is 5.91 Å². The van der Waals surface area contributed by atoms with Gasteiger partial charge in [0.05, 0.1) is 11.9 Å². The van der Waals surface area contributed by atoms with Gasteiger partial charge < -0.3 is 9.30 Å². The lowest BCUT2D eigenvalue weighted by Gasteiger charge is -2.10. The van der Waals surface area contributed by atoms with Crippen LogP contribution >= 0.6 is 0 Å². The summed E-state index contributed by atoms with van der Waals surface area (Å²) in [4.78, 5) is 11.7. The standard InChI is InChI=1S/C18H23N3O2/c1-4-14(2)15-7-9-17(10-8-15)23-13-18(22)20-19-12-16-6-5-11-21(16)3/h5-12,14H,4,13H2,1-3H3,(H,20,22)/b19-12-/t14-/m0/s1. The summed E-state index contributed by atoms with van der Waals surface area (Å²) in [6.45, 7) is 4.29. The Labute approximate surface area is 137 Å². The van der Waals surface area contributed by atoms with Crippen molar-refractivity contribution in [3.05, 3.63) is 53.9 Å². The first-order valence-electron chi connectivity index (χ1n) is 7.76. The zero-order valence-electron chi connectivity index (χ0n) is 13.8. The molecular weight excluding hydrogens is 290 g/mol. The van der Waals surface area contributed by atoms with E-state index in [0.717, 1.165) is 12.1 Å². The molecule has 1 atom stereocenters. The quantitative estimate of drug-likeness (QED) is 0.631. The number of hydrogen-bond donors (Lipinski definition) is 1. The van der Waals surface area contributed by atoms with Gasteiger partial charge in [0.15, 0.2) is 6.61 Å². The van der Waals surface area contributed by atoms with Crippen molar-refractivity contribution < 1.29 is 9.53 Å². The number of carbonyl (C=O) groups is 1. The molecule has 0 saturated carbocycles. The van der Waals surface area contributed by atoms with E-state index in [1.165, 1.54) is 5.56 Å². The molecule has 2 rings (SSSR count). The van der Waals surface area contributed by atoms with Crippen LogP contribution in [0, 0.1) is 0 Å². The number of benzene rings is 1. The van der Waals surface area contributed by atoms with Crippen LogP contribution in [0.25, 0.3) is 0 Å². The van der Waals surface area contributed by atoms with Gasteiger partial charge in [0.1, 0.15) is 5.75 Å². The number of carbonyl (C=O) groups excluding carboxylic acids is 1. The number of amides is 1. The lowest BCUT2D eigenvalue weighted by Crippen LogP contribution is -2.24. The highest BCUT2D eigenvalue weighted by Gasteiger charge is 2.04. The molecule has 0 fully saturated rings. The van der Waals surface area contributed by atoms with Gasteiger partial charge in [0.2, 0.25) is 0 Å². The number of ether oxygens (including phenoxy) is 1. The second-order valence-corrected chi connectivity index (χ2v) is 5.50. The minimum atomic E-state index is -0.290. The summed E-state index contributed by atoms with van der Waals surface area (Å²) >= 11 is 0. The molecule has 0 aliphatic carbocycles. The summed E-state index contributed by atoms with van der Waals surface area (Å²) in [7, 11) is 1.91. The molecule has 0 aliphatic heterocycles. The monoisotopic (exact) mass is 313 g/mol. The van der Waals surface area contributed by atoms with Crippen molar-refractivity contribution in [2.75, 3.05) is 6.61 Å². The van der Waals surface area contributed by atoms with Gasteiger partial charge in [-0.15, -0.1) is 0 Å². The lowest BCUT2D eigenvalue weighted by molar-refractivity contribution is -0.123. The number of nitrogens with one attached hydrogen (secondary N) is 1. The predicted octanol–water partition coefficient (Wildman–Crippen LogP) is 3.07. The summed E-state index contributed by atoms with van der Waals surface area (Å²) in [5.41, 5.74) is 4.63. The second-order valence-electron chi connectivity index (χ2n) is 5.50. The highest BCUT2D eigenvalue weighted by Crippen LogP contribution is 2.21. The molecule has 5 heteroatoms. The van der Waals surface area contributed by atoms with Crippen molar-refractivity contribution in [2.24, 2.45) is 12.1 Å². The topological polar surface area (TPSA) is 55.6 Å². The smallest absolute Gasteiger partial charge is 0.277 e. The number of nitrogens with zero attached hydrogens (tertiary/aromatic N) is 2. The van der Waals surface area contributed by atoms with Crippen molar-refractivity contribution in [3.8, 4) is 5.75 Å². The Bertz CT molecular complexity index is 659. The first-order valence-corrected chi connectivity index (χ1v) is 7.76. The van der Waals surface area contributed by atoms with E-state index in [1.54, 1.807) is 6.21 Å². The summed E-state index contributed by atoms with van der Waals surface area (Å²) in [5, 5.41) is 3.91. The van der Waals surface area contributed by atoms with Crippen LogP contribution in [0.15, 0.2) is 47.7 Å². The van der Waals surface area contributed by atoms with Gasteiger partial charge in [-0.2, -0.15) is 5.10 Å². The van der Waals surface area contributed by atoms with E-state index in [4.69, 9.17) is 4.74 Å². The predicted molar refractivity (Wildman–Crippen MR) is 91.8 cm³/mol. The van der Waals surface area contributed by atoms with Gasteiger partial charge in [-0.3, -0.25) is 4.79 Å². The largest absolute Gasteiger partial charge is 0.484 e. The minimum absolute atomic E-state index is 0.0623. The van der Waals surface area contributed by atoms with E-state index in [0.29, 0.717) is 11.7 Å². The van der Waals surface area contributed by atoms with Crippen molar-refractivity contribution in [2.45, 2.75) is 26.2 Å². The van der Waals surface area contributed by atoms with E-state index >= 15 is 0 Å². The molecule has 23 heavy (non-hydrogen) atoms. The van der Waals surface area contributed by atoms with Crippen LogP contribution in [0.4, 0.5) is 0 Å². The molecule has 0 spiro atoms. The third-order valence-electron chi connectivity index (χ3n) is 3.80.